The van der Waals surface area contributed by atoms with Crippen LogP contribution in [0.15, 0.2) is 0 Å². The molecule has 1 saturated heterocycles. The molecule has 0 bridgehead atoms. The largest absolute Gasteiger partial charge is 0.394 e. The standard InChI is InChI=1S/C10H21NO2/c1-8(2)5-10(3)11(4)6-9(7-12)13-10/h8-9,12H,5-7H2,1-4H3. The van der Waals surface area contributed by atoms with Gasteiger partial charge in [0, 0.05) is 6.54 Å². The number of likely N-dealkylation sites (N-methyl/N-ethyl adjacent to an activating group) is 1. The van der Waals surface area contributed by atoms with Gasteiger partial charge in [0.1, 0.15) is 5.72 Å². The summed E-state index contributed by atoms with van der Waals surface area (Å²) in [6.45, 7) is 7.43. The molecule has 0 amide bonds. The van der Waals surface area contributed by atoms with E-state index in [0.29, 0.717) is 5.92 Å². The first kappa shape index (κ1) is 11.0. The van der Waals surface area contributed by atoms with Crippen LogP contribution in [0.2, 0.25) is 0 Å². The molecule has 1 aliphatic rings. The highest BCUT2D eigenvalue weighted by Gasteiger charge is 2.40. The molecule has 13 heavy (non-hydrogen) atoms. The van der Waals surface area contributed by atoms with Crippen LogP contribution < -0.4 is 0 Å². The van der Waals surface area contributed by atoms with Crippen LogP contribution >= 0.6 is 0 Å². The lowest BCUT2D eigenvalue weighted by molar-refractivity contribution is -0.103. The number of aliphatic hydroxyl groups excluding tert-OH is 1. The molecule has 1 aliphatic heterocycles. The van der Waals surface area contributed by atoms with Crippen molar-refractivity contribution >= 4 is 0 Å². The number of aliphatic hydroxyl groups is 1. The highest BCUT2D eigenvalue weighted by atomic mass is 16.5. The van der Waals surface area contributed by atoms with E-state index in [1.807, 2.05) is 0 Å². The van der Waals surface area contributed by atoms with Gasteiger partial charge in [0.25, 0.3) is 0 Å². The second kappa shape index (κ2) is 3.95. The Hall–Kier alpha value is -0.120. The topological polar surface area (TPSA) is 32.7 Å². The Bertz CT molecular complexity index is 172. The summed E-state index contributed by atoms with van der Waals surface area (Å²) in [5.74, 6) is 0.616. The summed E-state index contributed by atoms with van der Waals surface area (Å²) >= 11 is 0. The van der Waals surface area contributed by atoms with Crippen LogP contribution in [0.25, 0.3) is 0 Å². The molecule has 3 nitrogen and oxygen atoms in total. The van der Waals surface area contributed by atoms with E-state index in [9.17, 15) is 0 Å². The molecule has 1 heterocycles. The Labute approximate surface area is 80.7 Å². The van der Waals surface area contributed by atoms with Crippen LogP contribution in [0, 0.1) is 5.92 Å². The Balaban J connectivity index is 2.57. The van der Waals surface area contributed by atoms with Gasteiger partial charge in [-0.2, -0.15) is 0 Å². The lowest BCUT2D eigenvalue weighted by Gasteiger charge is -2.32. The Morgan fingerprint density at radius 2 is 2.23 bits per heavy atom. The van der Waals surface area contributed by atoms with Gasteiger partial charge in [0.05, 0.1) is 12.7 Å². The van der Waals surface area contributed by atoms with E-state index in [-0.39, 0.29) is 18.4 Å². The average Bonchev–Trinajstić information content (AvgIpc) is 2.26. The highest BCUT2D eigenvalue weighted by molar-refractivity contribution is 4.85. The minimum absolute atomic E-state index is 0.00579. The number of hydrogen-bond donors (Lipinski definition) is 1. The predicted molar refractivity (Wildman–Crippen MR) is 52.4 cm³/mol. The van der Waals surface area contributed by atoms with Crippen molar-refractivity contribution in [1.82, 2.24) is 4.90 Å². The van der Waals surface area contributed by atoms with Gasteiger partial charge >= 0.3 is 0 Å². The highest BCUT2D eigenvalue weighted by Crippen LogP contribution is 2.31. The van der Waals surface area contributed by atoms with Gasteiger partial charge in [0.2, 0.25) is 0 Å². The second-order valence-corrected chi connectivity index (χ2v) is 4.58. The lowest BCUT2D eigenvalue weighted by atomic mass is 10.0. The second-order valence-electron chi connectivity index (χ2n) is 4.58. The number of ether oxygens (including phenoxy) is 1. The number of hydrogen-bond acceptors (Lipinski definition) is 3. The van der Waals surface area contributed by atoms with Crippen molar-refractivity contribution in [3.63, 3.8) is 0 Å². The minimum atomic E-state index is -0.179. The molecule has 0 aromatic rings. The van der Waals surface area contributed by atoms with Gasteiger partial charge in [-0.25, -0.2) is 0 Å². The molecule has 1 N–H and O–H groups in total. The zero-order valence-corrected chi connectivity index (χ0v) is 9.08. The van der Waals surface area contributed by atoms with Crippen LogP contribution in [0.5, 0.6) is 0 Å². The summed E-state index contributed by atoms with van der Waals surface area (Å²) in [6.07, 6.45) is 1.01. The molecule has 0 spiro atoms. The van der Waals surface area contributed by atoms with E-state index in [1.165, 1.54) is 0 Å². The summed E-state index contributed by atoms with van der Waals surface area (Å²) < 4.78 is 5.80. The predicted octanol–water partition coefficient (Wildman–Crippen LogP) is 1.07. The fourth-order valence-electron chi connectivity index (χ4n) is 2.04. The molecule has 1 rings (SSSR count). The molecule has 0 saturated carbocycles. The monoisotopic (exact) mass is 187 g/mol. The summed E-state index contributed by atoms with van der Waals surface area (Å²) in [5.41, 5.74) is -0.179. The first-order valence-corrected chi connectivity index (χ1v) is 4.98. The van der Waals surface area contributed by atoms with Crippen LogP contribution in [0.1, 0.15) is 27.2 Å². The van der Waals surface area contributed by atoms with Gasteiger partial charge < -0.3 is 9.84 Å². The summed E-state index contributed by atoms with van der Waals surface area (Å²) in [7, 11) is 2.05. The first-order valence-electron chi connectivity index (χ1n) is 4.98. The maximum absolute atomic E-state index is 9.00. The van der Waals surface area contributed by atoms with E-state index < -0.39 is 0 Å². The molecule has 78 valence electrons. The summed E-state index contributed by atoms with van der Waals surface area (Å²) in [5, 5.41) is 9.00. The molecule has 1 fully saturated rings. The molecular formula is C10H21NO2. The zero-order valence-electron chi connectivity index (χ0n) is 9.08. The lowest BCUT2D eigenvalue weighted by Crippen LogP contribution is -2.40. The third kappa shape index (κ3) is 2.42. The van der Waals surface area contributed by atoms with Crippen molar-refractivity contribution in [2.24, 2.45) is 5.92 Å². The van der Waals surface area contributed by atoms with Crippen molar-refractivity contribution in [3.05, 3.63) is 0 Å². The molecular weight excluding hydrogens is 166 g/mol. The van der Waals surface area contributed by atoms with Crippen LogP contribution in [0.3, 0.4) is 0 Å². The summed E-state index contributed by atoms with van der Waals surface area (Å²) in [6, 6.07) is 0. The van der Waals surface area contributed by atoms with Gasteiger partial charge in [-0.15, -0.1) is 0 Å². The molecule has 0 aromatic carbocycles. The van der Waals surface area contributed by atoms with E-state index in [0.717, 1.165) is 13.0 Å². The SMILES string of the molecule is CC(C)CC1(C)OC(CO)CN1C. The third-order valence-corrected chi connectivity index (χ3v) is 2.70. The van der Waals surface area contributed by atoms with Gasteiger partial charge in [0.15, 0.2) is 0 Å². The van der Waals surface area contributed by atoms with E-state index >= 15 is 0 Å². The van der Waals surface area contributed by atoms with Crippen molar-refractivity contribution in [2.75, 3.05) is 20.2 Å². The van der Waals surface area contributed by atoms with Crippen molar-refractivity contribution < 1.29 is 9.84 Å². The molecule has 3 heteroatoms. The smallest absolute Gasteiger partial charge is 0.119 e. The van der Waals surface area contributed by atoms with Gasteiger partial charge in [-0.05, 0) is 26.3 Å². The Kier molecular flexibility index (Phi) is 3.33. The normalized spacial score (nSPS) is 36.0. The van der Waals surface area contributed by atoms with Crippen LogP contribution in [-0.4, -0.2) is 42.0 Å². The van der Waals surface area contributed by atoms with Gasteiger partial charge in [-0.3, -0.25) is 4.90 Å². The average molecular weight is 187 g/mol. The summed E-state index contributed by atoms with van der Waals surface area (Å²) in [4.78, 5) is 2.19. The van der Waals surface area contributed by atoms with E-state index in [2.05, 4.69) is 32.7 Å². The fourth-order valence-corrected chi connectivity index (χ4v) is 2.04. The quantitative estimate of drug-likeness (QED) is 0.717. The number of nitrogens with zero attached hydrogens (tertiary/aromatic N) is 1. The Morgan fingerprint density at radius 3 is 2.62 bits per heavy atom. The zero-order chi connectivity index (χ0) is 10.1. The van der Waals surface area contributed by atoms with Crippen molar-refractivity contribution in [3.8, 4) is 0 Å². The number of rotatable bonds is 3. The molecule has 2 atom stereocenters. The minimum Gasteiger partial charge on any atom is -0.394 e. The van der Waals surface area contributed by atoms with Crippen LogP contribution in [0.4, 0.5) is 0 Å². The third-order valence-electron chi connectivity index (χ3n) is 2.70. The molecule has 0 aliphatic carbocycles. The van der Waals surface area contributed by atoms with Crippen LogP contribution in [-0.2, 0) is 4.74 Å². The Morgan fingerprint density at radius 1 is 1.62 bits per heavy atom. The van der Waals surface area contributed by atoms with Gasteiger partial charge in [-0.1, -0.05) is 13.8 Å². The maximum Gasteiger partial charge on any atom is 0.119 e. The van der Waals surface area contributed by atoms with Crippen molar-refractivity contribution in [2.45, 2.75) is 39.0 Å². The maximum atomic E-state index is 9.00. The molecule has 0 radical (unpaired) electrons. The van der Waals surface area contributed by atoms with E-state index in [4.69, 9.17) is 9.84 Å². The van der Waals surface area contributed by atoms with Crippen molar-refractivity contribution in [1.29, 1.82) is 0 Å². The van der Waals surface area contributed by atoms with E-state index in [1.54, 1.807) is 0 Å². The molecule has 2 unspecified atom stereocenters. The fraction of sp³-hybridized carbons (Fsp3) is 1.00. The molecule has 0 aromatic heterocycles. The first-order chi connectivity index (χ1) is 5.98.